The number of rotatable bonds is 34. The molecule has 6 unspecified atom stereocenters. The summed E-state index contributed by atoms with van der Waals surface area (Å²) >= 11 is 0. The minimum Gasteiger partial charge on any atom is -0.457 e. The van der Waals surface area contributed by atoms with Crippen LogP contribution in [0.3, 0.4) is 0 Å². The highest BCUT2D eigenvalue weighted by Gasteiger charge is 2.44. The molecule has 9 nitrogen and oxygen atoms in total. The fraction of sp³-hybridized carbons (Fsp3) is 0.750. The van der Waals surface area contributed by atoms with Crippen LogP contribution in [-0.4, -0.2) is 89.6 Å². The number of allylic oxidation sites excluding steroid dienone is 10. The van der Waals surface area contributed by atoms with Crippen molar-refractivity contribution >= 4 is 5.97 Å². The lowest BCUT2D eigenvalue weighted by atomic mass is 9.99. The molecular formula is C44H76O9. The van der Waals surface area contributed by atoms with Crippen LogP contribution in [0.15, 0.2) is 60.8 Å². The van der Waals surface area contributed by atoms with E-state index in [1.807, 2.05) is 0 Å². The zero-order valence-corrected chi connectivity index (χ0v) is 33.2. The third-order valence-electron chi connectivity index (χ3n) is 9.20. The van der Waals surface area contributed by atoms with Crippen molar-refractivity contribution in [3.63, 3.8) is 0 Å². The first-order chi connectivity index (χ1) is 25.9. The molecule has 53 heavy (non-hydrogen) atoms. The van der Waals surface area contributed by atoms with Gasteiger partial charge < -0.3 is 39.4 Å². The first-order valence-corrected chi connectivity index (χ1v) is 20.9. The lowest BCUT2D eigenvalue weighted by molar-refractivity contribution is -0.305. The van der Waals surface area contributed by atoms with E-state index >= 15 is 0 Å². The van der Waals surface area contributed by atoms with Gasteiger partial charge in [-0.15, -0.1) is 0 Å². The first kappa shape index (κ1) is 48.9. The number of aliphatic hydroxyl groups is 4. The van der Waals surface area contributed by atoms with Crippen LogP contribution < -0.4 is 0 Å². The van der Waals surface area contributed by atoms with Crippen molar-refractivity contribution < 1.29 is 44.2 Å². The molecule has 0 bridgehead atoms. The van der Waals surface area contributed by atoms with Crippen molar-refractivity contribution in [1.82, 2.24) is 0 Å². The van der Waals surface area contributed by atoms with E-state index in [4.69, 9.17) is 18.9 Å². The van der Waals surface area contributed by atoms with Gasteiger partial charge in [0.25, 0.3) is 0 Å². The van der Waals surface area contributed by atoms with Gasteiger partial charge in [0.05, 0.1) is 19.8 Å². The van der Waals surface area contributed by atoms with Crippen molar-refractivity contribution in [2.75, 3.05) is 26.4 Å². The first-order valence-electron chi connectivity index (χ1n) is 20.9. The molecule has 0 aromatic carbocycles. The van der Waals surface area contributed by atoms with E-state index in [0.29, 0.717) is 13.0 Å². The predicted molar refractivity (Wildman–Crippen MR) is 214 cm³/mol. The molecule has 0 aliphatic carbocycles. The molecule has 4 N–H and O–H groups in total. The van der Waals surface area contributed by atoms with Crippen LogP contribution in [-0.2, 0) is 23.7 Å². The quantitative estimate of drug-likeness (QED) is 0.0290. The summed E-state index contributed by atoms with van der Waals surface area (Å²) in [5, 5.41) is 40.0. The Balaban J connectivity index is 2.28. The Morgan fingerprint density at radius 3 is 1.74 bits per heavy atom. The normalized spacial score (nSPS) is 21.7. The molecule has 0 radical (unpaired) electrons. The van der Waals surface area contributed by atoms with E-state index in [2.05, 4.69) is 74.6 Å². The van der Waals surface area contributed by atoms with Crippen molar-refractivity contribution in [3.05, 3.63) is 60.8 Å². The lowest BCUT2D eigenvalue weighted by Gasteiger charge is -2.39. The minimum absolute atomic E-state index is 0.123. The molecule has 6 atom stereocenters. The van der Waals surface area contributed by atoms with Crippen LogP contribution >= 0.6 is 0 Å². The third kappa shape index (κ3) is 27.2. The monoisotopic (exact) mass is 749 g/mol. The summed E-state index contributed by atoms with van der Waals surface area (Å²) < 4.78 is 22.7. The maximum Gasteiger partial charge on any atom is 0.306 e. The molecule has 0 aromatic heterocycles. The van der Waals surface area contributed by atoms with Gasteiger partial charge >= 0.3 is 5.97 Å². The summed E-state index contributed by atoms with van der Waals surface area (Å²) in [7, 11) is 0. The highest BCUT2D eigenvalue weighted by atomic mass is 16.7. The molecule has 0 saturated carbocycles. The zero-order chi connectivity index (χ0) is 38.6. The highest BCUT2D eigenvalue weighted by Crippen LogP contribution is 2.22. The number of aliphatic hydroxyl groups excluding tert-OH is 4. The lowest BCUT2D eigenvalue weighted by Crippen LogP contribution is -2.59. The number of unbranched alkanes of at least 4 members (excludes halogenated alkanes) is 13. The average molecular weight is 749 g/mol. The van der Waals surface area contributed by atoms with E-state index < -0.39 is 43.4 Å². The Kier molecular flexibility index (Phi) is 32.8. The van der Waals surface area contributed by atoms with E-state index in [0.717, 1.165) is 83.5 Å². The Morgan fingerprint density at radius 2 is 1.15 bits per heavy atom. The van der Waals surface area contributed by atoms with Gasteiger partial charge in [-0.25, -0.2) is 0 Å². The van der Waals surface area contributed by atoms with Crippen molar-refractivity contribution in [1.29, 1.82) is 0 Å². The van der Waals surface area contributed by atoms with E-state index in [1.165, 1.54) is 44.9 Å². The fourth-order valence-electron chi connectivity index (χ4n) is 5.93. The van der Waals surface area contributed by atoms with Gasteiger partial charge in [-0.1, -0.05) is 145 Å². The molecule has 1 rings (SSSR count). The second-order valence-corrected chi connectivity index (χ2v) is 14.1. The van der Waals surface area contributed by atoms with Gasteiger partial charge in [-0.3, -0.25) is 4.79 Å². The van der Waals surface area contributed by atoms with E-state index in [1.54, 1.807) is 0 Å². The van der Waals surface area contributed by atoms with E-state index in [-0.39, 0.29) is 19.2 Å². The summed E-state index contributed by atoms with van der Waals surface area (Å²) in [6.07, 6.45) is 36.7. The minimum atomic E-state index is -1.54. The summed E-state index contributed by atoms with van der Waals surface area (Å²) in [6, 6.07) is 0. The number of hydrogen-bond donors (Lipinski definition) is 4. The summed E-state index contributed by atoms with van der Waals surface area (Å²) in [5.41, 5.74) is 0. The van der Waals surface area contributed by atoms with Crippen LogP contribution in [0.5, 0.6) is 0 Å². The van der Waals surface area contributed by atoms with Crippen molar-refractivity contribution in [2.45, 2.75) is 185 Å². The molecule has 0 spiro atoms. The van der Waals surface area contributed by atoms with Gasteiger partial charge in [-0.2, -0.15) is 0 Å². The molecule has 0 aromatic rings. The van der Waals surface area contributed by atoms with Crippen LogP contribution in [0.1, 0.15) is 149 Å². The topological polar surface area (TPSA) is 135 Å². The number of ether oxygens (including phenoxy) is 4. The SMILES string of the molecule is CC/C=C\C/C=C\C/C=C\C/C=C\C/C=C\CCCCCCCC(=O)OC(COCCCCCCCCCCC)COC1OC(CO)C(O)C(O)C1O. The molecule has 1 saturated heterocycles. The van der Waals surface area contributed by atoms with Crippen LogP contribution in [0.4, 0.5) is 0 Å². The van der Waals surface area contributed by atoms with Crippen molar-refractivity contribution in [3.8, 4) is 0 Å². The van der Waals surface area contributed by atoms with Gasteiger partial charge in [0, 0.05) is 13.0 Å². The molecule has 1 heterocycles. The molecule has 306 valence electrons. The summed E-state index contributed by atoms with van der Waals surface area (Å²) in [5.74, 6) is -0.335. The number of carbonyl (C=O) groups excluding carboxylic acids is 1. The van der Waals surface area contributed by atoms with Gasteiger partial charge in [0.1, 0.15) is 30.5 Å². The average Bonchev–Trinajstić information content (AvgIpc) is 3.16. The molecule has 9 heteroatoms. The Morgan fingerprint density at radius 1 is 0.623 bits per heavy atom. The predicted octanol–water partition coefficient (Wildman–Crippen LogP) is 8.74. The van der Waals surface area contributed by atoms with Crippen molar-refractivity contribution in [2.24, 2.45) is 0 Å². The van der Waals surface area contributed by atoms with E-state index in [9.17, 15) is 25.2 Å². The smallest absolute Gasteiger partial charge is 0.306 e. The maximum absolute atomic E-state index is 12.7. The van der Waals surface area contributed by atoms with Crippen LogP contribution in [0.25, 0.3) is 0 Å². The highest BCUT2D eigenvalue weighted by molar-refractivity contribution is 5.69. The molecule has 1 aliphatic heterocycles. The molecule has 1 fully saturated rings. The summed E-state index contributed by atoms with van der Waals surface area (Å²) in [6.45, 7) is 4.39. The Bertz CT molecular complexity index is 989. The molecular weight excluding hydrogens is 672 g/mol. The third-order valence-corrected chi connectivity index (χ3v) is 9.20. The van der Waals surface area contributed by atoms with Crippen LogP contribution in [0, 0.1) is 0 Å². The van der Waals surface area contributed by atoms with Crippen LogP contribution in [0.2, 0.25) is 0 Å². The van der Waals surface area contributed by atoms with Gasteiger partial charge in [0.15, 0.2) is 6.29 Å². The maximum atomic E-state index is 12.7. The molecule has 1 aliphatic rings. The fourth-order valence-corrected chi connectivity index (χ4v) is 5.93. The van der Waals surface area contributed by atoms with Gasteiger partial charge in [-0.05, 0) is 57.8 Å². The standard InChI is InChI=1S/C44H76O9/c1-3-5-7-9-11-13-14-15-16-17-18-19-20-21-22-23-24-25-27-29-31-33-40(46)52-38(36-50-34-32-30-28-26-12-10-8-6-4-2)37-51-44-43(49)42(48)41(47)39(35-45)53-44/h5,7,11,13,15-16,18-19,21-22,38-39,41-45,47-49H,3-4,6,8-10,12,14,17,20,23-37H2,1-2H3/b7-5-,13-11-,16-15-,19-18-,22-21-. The Hall–Kier alpha value is -2.11. The number of carbonyl (C=O) groups is 1. The molecule has 0 amide bonds. The Labute approximate surface area is 322 Å². The number of esters is 1. The van der Waals surface area contributed by atoms with Gasteiger partial charge in [0.2, 0.25) is 0 Å². The zero-order valence-electron chi connectivity index (χ0n) is 33.2. The number of hydrogen-bond acceptors (Lipinski definition) is 9. The largest absolute Gasteiger partial charge is 0.457 e. The summed E-state index contributed by atoms with van der Waals surface area (Å²) in [4.78, 5) is 12.7. The second-order valence-electron chi connectivity index (χ2n) is 14.1. The second kappa shape index (κ2) is 35.6.